The van der Waals surface area contributed by atoms with E-state index in [2.05, 4.69) is 10.1 Å². The van der Waals surface area contributed by atoms with Crippen molar-refractivity contribution in [2.24, 2.45) is 5.92 Å². The highest BCUT2D eigenvalue weighted by molar-refractivity contribution is 5.89. The minimum Gasteiger partial charge on any atom is -0.361 e. The number of carbonyl (C=O) groups excluding carboxylic acids is 2. The molecular formula is C15H22N4O3. The average Bonchev–Trinajstić information content (AvgIpc) is 3.05. The third-order valence-corrected chi connectivity index (χ3v) is 4.44. The molecule has 3 heterocycles. The molecule has 1 atom stereocenters. The van der Waals surface area contributed by atoms with Gasteiger partial charge in [-0.15, -0.1) is 0 Å². The molecular weight excluding hydrogens is 284 g/mol. The molecule has 0 bridgehead atoms. The van der Waals surface area contributed by atoms with Crippen molar-refractivity contribution in [3.63, 3.8) is 0 Å². The summed E-state index contributed by atoms with van der Waals surface area (Å²) in [5.41, 5.74) is 0.931. The van der Waals surface area contributed by atoms with Crippen molar-refractivity contribution in [2.45, 2.75) is 19.9 Å². The maximum absolute atomic E-state index is 12.5. The van der Waals surface area contributed by atoms with Crippen molar-refractivity contribution in [1.82, 2.24) is 19.9 Å². The van der Waals surface area contributed by atoms with Crippen molar-refractivity contribution >= 4 is 11.8 Å². The van der Waals surface area contributed by atoms with E-state index in [1.807, 2.05) is 17.9 Å². The summed E-state index contributed by atoms with van der Waals surface area (Å²) in [6.07, 6.45) is 0.355. The van der Waals surface area contributed by atoms with Gasteiger partial charge in [0.1, 0.15) is 5.76 Å². The number of hydrogen-bond acceptors (Lipinski definition) is 5. The van der Waals surface area contributed by atoms with Crippen LogP contribution in [0.1, 0.15) is 17.9 Å². The molecule has 2 fully saturated rings. The van der Waals surface area contributed by atoms with E-state index in [0.29, 0.717) is 26.1 Å². The number of aryl methyl sites for hydroxylation is 1. The molecule has 1 aromatic rings. The fourth-order valence-electron chi connectivity index (χ4n) is 3.14. The number of piperazine rings is 1. The van der Waals surface area contributed by atoms with E-state index >= 15 is 0 Å². The van der Waals surface area contributed by atoms with Crippen molar-refractivity contribution in [2.75, 3.05) is 39.8 Å². The van der Waals surface area contributed by atoms with Crippen molar-refractivity contribution in [1.29, 1.82) is 0 Å². The van der Waals surface area contributed by atoms with Crippen LogP contribution in [0.25, 0.3) is 0 Å². The van der Waals surface area contributed by atoms with Crippen molar-refractivity contribution < 1.29 is 14.1 Å². The highest BCUT2D eigenvalue weighted by Crippen LogP contribution is 2.19. The summed E-state index contributed by atoms with van der Waals surface area (Å²) in [6.45, 7) is 6.27. The van der Waals surface area contributed by atoms with Crippen LogP contribution in [-0.2, 0) is 16.1 Å². The molecule has 7 nitrogen and oxygen atoms in total. The van der Waals surface area contributed by atoms with Crippen molar-refractivity contribution in [3.8, 4) is 0 Å². The molecule has 0 aliphatic carbocycles. The van der Waals surface area contributed by atoms with Gasteiger partial charge in [0.25, 0.3) is 0 Å². The second kappa shape index (κ2) is 6.08. The average molecular weight is 306 g/mol. The number of likely N-dealkylation sites (tertiary alicyclic amines) is 1. The first-order valence-corrected chi connectivity index (χ1v) is 7.70. The first-order valence-electron chi connectivity index (χ1n) is 7.70. The lowest BCUT2D eigenvalue weighted by Crippen LogP contribution is -2.50. The van der Waals surface area contributed by atoms with Crippen LogP contribution in [0.15, 0.2) is 10.6 Å². The summed E-state index contributed by atoms with van der Waals surface area (Å²) in [5.74, 6) is 0.842. The number of aromatic nitrogens is 1. The van der Waals surface area contributed by atoms with Crippen LogP contribution in [0, 0.1) is 12.8 Å². The molecule has 7 heteroatoms. The zero-order valence-corrected chi connectivity index (χ0v) is 13.1. The lowest BCUT2D eigenvalue weighted by molar-refractivity contribution is -0.137. The van der Waals surface area contributed by atoms with E-state index in [-0.39, 0.29) is 17.7 Å². The molecule has 0 saturated carbocycles. The normalized spacial score (nSPS) is 23.4. The number of amides is 2. The first-order chi connectivity index (χ1) is 10.5. The lowest BCUT2D eigenvalue weighted by atomic mass is 10.1. The van der Waals surface area contributed by atoms with Gasteiger partial charge in [-0.25, -0.2) is 0 Å². The molecule has 0 spiro atoms. The van der Waals surface area contributed by atoms with E-state index in [0.717, 1.165) is 31.1 Å². The number of hydrogen-bond donors (Lipinski definition) is 0. The van der Waals surface area contributed by atoms with Crippen LogP contribution in [0.3, 0.4) is 0 Å². The lowest BCUT2D eigenvalue weighted by Gasteiger charge is -2.35. The van der Waals surface area contributed by atoms with Crippen LogP contribution >= 0.6 is 0 Å². The number of nitrogens with zero attached hydrogens (tertiary/aromatic N) is 4. The molecule has 1 aromatic heterocycles. The molecule has 22 heavy (non-hydrogen) atoms. The Morgan fingerprint density at radius 1 is 1.36 bits per heavy atom. The van der Waals surface area contributed by atoms with E-state index in [1.165, 1.54) is 0 Å². The molecule has 0 unspecified atom stereocenters. The fraction of sp³-hybridized carbons (Fsp3) is 0.667. The Labute approximate surface area is 129 Å². The zero-order chi connectivity index (χ0) is 15.7. The summed E-state index contributed by atoms with van der Waals surface area (Å²) in [7, 11) is 1.76. The predicted molar refractivity (Wildman–Crippen MR) is 78.8 cm³/mol. The van der Waals surface area contributed by atoms with E-state index in [9.17, 15) is 9.59 Å². The van der Waals surface area contributed by atoms with Gasteiger partial charge in [0.2, 0.25) is 11.8 Å². The topological polar surface area (TPSA) is 69.9 Å². The summed E-state index contributed by atoms with van der Waals surface area (Å²) in [5, 5.41) is 4.00. The van der Waals surface area contributed by atoms with E-state index in [1.54, 1.807) is 11.9 Å². The molecule has 2 aliphatic heterocycles. The minimum atomic E-state index is -0.165. The Hall–Kier alpha value is -1.89. The second-order valence-corrected chi connectivity index (χ2v) is 6.21. The van der Waals surface area contributed by atoms with Gasteiger partial charge < -0.3 is 14.3 Å². The molecule has 2 aliphatic rings. The maximum Gasteiger partial charge on any atom is 0.228 e. The van der Waals surface area contributed by atoms with Gasteiger partial charge in [0.15, 0.2) is 0 Å². The highest BCUT2D eigenvalue weighted by atomic mass is 16.5. The quantitative estimate of drug-likeness (QED) is 0.792. The van der Waals surface area contributed by atoms with E-state index in [4.69, 9.17) is 4.52 Å². The standard InChI is InChI=1S/C15H22N4O3/c1-11-7-13(16-22-11)10-18-3-5-19(6-4-18)15(21)12-8-14(20)17(2)9-12/h7,12H,3-6,8-10H2,1-2H3/t12-/m1/s1. The van der Waals surface area contributed by atoms with Gasteiger partial charge in [-0.05, 0) is 6.92 Å². The molecule has 0 N–H and O–H groups in total. The summed E-state index contributed by atoms with van der Waals surface area (Å²) < 4.78 is 5.08. The largest absolute Gasteiger partial charge is 0.361 e. The third kappa shape index (κ3) is 3.14. The third-order valence-electron chi connectivity index (χ3n) is 4.44. The highest BCUT2D eigenvalue weighted by Gasteiger charge is 2.35. The Kier molecular flexibility index (Phi) is 4.15. The smallest absolute Gasteiger partial charge is 0.228 e. The monoisotopic (exact) mass is 306 g/mol. The summed E-state index contributed by atoms with van der Waals surface area (Å²) in [4.78, 5) is 29.8. The van der Waals surface area contributed by atoms with Crippen LogP contribution in [0.2, 0.25) is 0 Å². The number of carbonyl (C=O) groups is 2. The zero-order valence-electron chi connectivity index (χ0n) is 13.1. The molecule has 0 radical (unpaired) electrons. The summed E-state index contributed by atoms with van der Waals surface area (Å²) in [6, 6.07) is 1.94. The molecule has 3 rings (SSSR count). The predicted octanol–water partition coefficient (Wildman–Crippen LogP) is 0.106. The van der Waals surface area contributed by atoms with Crippen LogP contribution in [0.5, 0.6) is 0 Å². The molecule has 2 amide bonds. The van der Waals surface area contributed by atoms with E-state index < -0.39 is 0 Å². The van der Waals surface area contributed by atoms with Gasteiger partial charge >= 0.3 is 0 Å². The van der Waals surface area contributed by atoms with Gasteiger partial charge in [-0.3, -0.25) is 14.5 Å². The Balaban J connectivity index is 1.49. The molecule has 2 saturated heterocycles. The van der Waals surface area contributed by atoms with Crippen LogP contribution in [0.4, 0.5) is 0 Å². The van der Waals surface area contributed by atoms with Crippen molar-refractivity contribution in [3.05, 3.63) is 17.5 Å². The SMILES string of the molecule is Cc1cc(CN2CCN(C(=O)[C@@H]3CC(=O)N(C)C3)CC2)no1. The van der Waals surface area contributed by atoms with Gasteiger partial charge in [0, 0.05) is 58.8 Å². The molecule has 120 valence electrons. The Morgan fingerprint density at radius 3 is 2.64 bits per heavy atom. The molecule has 0 aromatic carbocycles. The van der Waals surface area contributed by atoms with Gasteiger partial charge in [-0.2, -0.15) is 0 Å². The second-order valence-electron chi connectivity index (χ2n) is 6.21. The Bertz CT molecular complexity index is 563. The Morgan fingerprint density at radius 2 is 2.09 bits per heavy atom. The summed E-state index contributed by atoms with van der Waals surface area (Å²) >= 11 is 0. The van der Waals surface area contributed by atoms with Crippen LogP contribution in [-0.4, -0.2) is 71.4 Å². The van der Waals surface area contributed by atoms with Crippen LogP contribution < -0.4 is 0 Å². The fourth-order valence-corrected chi connectivity index (χ4v) is 3.14. The first kappa shape index (κ1) is 15.0. The van der Waals surface area contributed by atoms with Gasteiger partial charge in [0.05, 0.1) is 11.6 Å². The maximum atomic E-state index is 12.5. The number of rotatable bonds is 3. The van der Waals surface area contributed by atoms with Gasteiger partial charge in [-0.1, -0.05) is 5.16 Å². The minimum absolute atomic E-state index is 0.0680.